The van der Waals surface area contributed by atoms with Crippen LogP contribution < -0.4 is 5.73 Å². The van der Waals surface area contributed by atoms with E-state index in [0.717, 1.165) is 24.1 Å². The van der Waals surface area contributed by atoms with Gasteiger partial charge in [0, 0.05) is 18.0 Å². The first-order valence-corrected chi connectivity index (χ1v) is 7.73. The van der Waals surface area contributed by atoms with Gasteiger partial charge in [-0.15, -0.1) is 0 Å². The molecule has 1 saturated carbocycles. The van der Waals surface area contributed by atoms with Crippen molar-refractivity contribution in [1.29, 1.82) is 0 Å². The molecule has 112 valence electrons. The van der Waals surface area contributed by atoms with Gasteiger partial charge in [-0.2, -0.15) is 5.10 Å². The quantitative estimate of drug-likeness (QED) is 0.785. The normalized spacial score (nSPS) is 15.7. The predicted octanol–water partition coefficient (Wildman–Crippen LogP) is 3.24. The summed E-state index contributed by atoms with van der Waals surface area (Å²) in [6.45, 7) is 0. The average molecular weight is 315 g/mol. The van der Waals surface area contributed by atoms with Gasteiger partial charge in [0.15, 0.2) is 16.6 Å². The van der Waals surface area contributed by atoms with E-state index in [1.807, 2.05) is 16.8 Å². The van der Waals surface area contributed by atoms with Gasteiger partial charge in [0.2, 0.25) is 0 Å². The van der Waals surface area contributed by atoms with Crippen molar-refractivity contribution in [3.63, 3.8) is 0 Å². The van der Waals surface area contributed by atoms with E-state index in [1.165, 1.54) is 12.8 Å². The lowest BCUT2D eigenvalue weighted by Crippen LogP contribution is -2.08. The fourth-order valence-electron chi connectivity index (χ4n) is 3.05. The number of nitrogens with two attached hydrogens (primary N) is 1. The molecule has 3 aromatic heterocycles. The van der Waals surface area contributed by atoms with Gasteiger partial charge >= 0.3 is 0 Å². The number of hydrogen-bond acceptors (Lipinski definition) is 5. The summed E-state index contributed by atoms with van der Waals surface area (Å²) in [5.74, 6) is 0.939. The van der Waals surface area contributed by atoms with E-state index < -0.39 is 0 Å². The Morgan fingerprint density at radius 1 is 1.14 bits per heavy atom. The van der Waals surface area contributed by atoms with Crippen molar-refractivity contribution in [1.82, 2.24) is 24.7 Å². The number of halogens is 1. The van der Waals surface area contributed by atoms with Crippen LogP contribution in [0.15, 0.2) is 24.5 Å². The Labute approximate surface area is 132 Å². The molecule has 0 atom stereocenters. The fourth-order valence-corrected chi connectivity index (χ4v) is 3.32. The highest BCUT2D eigenvalue weighted by atomic mass is 35.5. The molecule has 7 heteroatoms. The van der Waals surface area contributed by atoms with Gasteiger partial charge in [-0.25, -0.2) is 14.6 Å². The fraction of sp³-hybridized carbons (Fsp3) is 0.333. The number of hydrogen-bond donors (Lipinski definition) is 1. The van der Waals surface area contributed by atoms with E-state index in [0.29, 0.717) is 28.2 Å². The van der Waals surface area contributed by atoms with Crippen LogP contribution in [0, 0.1) is 0 Å². The lowest BCUT2D eigenvalue weighted by atomic mass is 10.2. The van der Waals surface area contributed by atoms with Crippen LogP contribution in [0.4, 0.5) is 5.82 Å². The molecule has 0 radical (unpaired) electrons. The number of rotatable bonds is 2. The molecule has 3 heterocycles. The Hall–Kier alpha value is -2.21. The smallest absolute Gasteiger partial charge is 0.165 e. The monoisotopic (exact) mass is 314 g/mol. The third kappa shape index (κ3) is 2.11. The van der Waals surface area contributed by atoms with Crippen LogP contribution in [0.25, 0.3) is 22.4 Å². The van der Waals surface area contributed by atoms with E-state index >= 15 is 0 Å². The number of pyridine rings is 1. The Morgan fingerprint density at radius 2 is 1.86 bits per heavy atom. The number of nitrogen functional groups attached to an aromatic ring is 1. The van der Waals surface area contributed by atoms with Crippen LogP contribution in [0.5, 0.6) is 0 Å². The molecule has 0 spiro atoms. The van der Waals surface area contributed by atoms with Gasteiger partial charge in [-0.3, -0.25) is 4.98 Å². The topological polar surface area (TPSA) is 82.5 Å². The standard InChI is InChI=1S/C15H15ClN6/c16-12-11-13(17)19-14(9-5-7-18-8-6-9)20-15(11)22(21-12)10-3-1-2-4-10/h5-8,10H,1-4H2,(H2,17,19,20). The van der Waals surface area contributed by atoms with Crippen molar-refractivity contribution in [2.24, 2.45) is 0 Å². The second kappa shape index (κ2) is 5.21. The molecule has 22 heavy (non-hydrogen) atoms. The molecule has 2 N–H and O–H groups in total. The molecular weight excluding hydrogens is 300 g/mol. The SMILES string of the molecule is Nc1nc(-c2ccncc2)nc2c1c(Cl)nn2C1CCCC1. The predicted molar refractivity (Wildman–Crippen MR) is 85.5 cm³/mol. The van der Waals surface area contributed by atoms with Crippen molar-refractivity contribution in [3.05, 3.63) is 29.7 Å². The molecule has 1 aliphatic carbocycles. The summed E-state index contributed by atoms with van der Waals surface area (Å²) in [5, 5.41) is 5.48. The summed E-state index contributed by atoms with van der Waals surface area (Å²) in [6, 6.07) is 4.06. The zero-order valence-corrected chi connectivity index (χ0v) is 12.7. The second-order valence-electron chi connectivity index (χ2n) is 5.54. The van der Waals surface area contributed by atoms with Crippen molar-refractivity contribution in [2.45, 2.75) is 31.7 Å². The highest BCUT2D eigenvalue weighted by Crippen LogP contribution is 2.35. The van der Waals surface area contributed by atoms with E-state index in [9.17, 15) is 0 Å². The maximum atomic E-state index is 6.26. The van der Waals surface area contributed by atoms with Crippen molar-refractivity contribution < 1.29 is 0 Å². The highest BCUT2D eigenvalue weighted by molar-refractivity contribution is 6.35. The largest absolute Gasteiger partial charge is 0.383 e. The molecule has 0 bridgehead atoms. The minimum absolute atomic E-state index is 0.342. The Balaban J connectivity index is 1.93. The molecule has 4 rings (SSSR count). The molecule has 0 aliphatic heterocycles. The van der Waals surface area contributed by atoms with E-state index in [-0.39, 0.29) is 0 Å². The van der Waals surface area contributed by atoms with Crippen LogP contribution in [-0.2, 0) is 0 Å². The Bertz CT molecular complexity index is 823. The summed E-state index contributed by atoms with van der Waals surface area (Å²) >= 11 is 6.26. The van der Waals surface area contributed by atoms with Crippen LogP contribution in [0.3, 0.4) is 0 Å². The highest BCUT2D eigenvalue weighted by Gasteiger charge is 2.24. The molecule has 0 saturated heterocycles. The Morgan fingerprint density at radius 3 is 2.59 bits per heavy atom. The summed E-state index contributed by atoms with van der Waals surface area (Å²) in [7, 11) is 0. The summed E-state index contributed by atoms with van der Waals surface area (Å²) in [4.78, 5) is 13.1. The van der Waals surface area contributed by atoms with Crippen LogP contribution in [-0.4, -0.2) is 24.7 Å². The van der Waals surface area contributed by atoms with Crippen molar-refractivity contribution in [2.75, 3.05) is 5.73 Å². The van der Waals surface area contributed by atoms with Gasteiger partial charge in [-0.05, 0) is 25.0 Å². The zero-order valence-electron chi connectivity index (χ0n) is 11.9. The van der Waals surface area contributed by atoms with E-state index in [1.54, 1.807) is 12.4 Å². The molecule has 0 unspecified atom stereocenters. The van der Waals surface area contributed by atoms with Crippen molar-refractivity contribution >= 4 is 28.5 Å². The van der Waals surface area contributed by atoms with Gasteiger partial charge in [-0.1, -0.05) is 24.4 Å². The number of nitrogens with zero attached hydrogens (tertiary/aromatic N) is 5. The van der Waals surface area contributed by atoms with Crippen LogP contribution >= 0.6 is 11.6 Å². The first-order valence-electron chi connectivity index (χ1n) is 7.35. The summed E-state index contributed by atoms with van der Waals surface area (Å²) in [5.41, 5.74) is 7.70. The number of fused-ring (bicyclic) bond motifs is 1. The van der Waals surface area contributed by atoms with Crippen LogP contribution in [0.2, 0.25) is 5.15 Å². The minimum atomic E-state index is 0.342. The lowest BCUT2D eigenvalue weighted by molar-refractivity contribution is 0.479. The number of anilines is 1. The molecule has 3 aromatic rings. The molecule has 1 aliphatic rings. The minimum Gasteiger partial charge on any atom is -0.383 e. The third-order valence-electron chi connectivity index (χ3n) is 4.15. The van der Waals surface area contributed by atoms with Gasteiger partial charge in [0.05, 0.1) is 6.04 Å². The molecule has 0 amide bonds. The summed E-state index contributed by atoms with van der Waals surface area (Å²) in [6.07, 6.45) is 8.03. The molecular formula is C15H15ClN6. The van der Waals surface area contributed by atoms with Gasteiger partial charge < -0.3 is 5.73 Å². The molecule has 0 aromatic carbocycles. The van der Waals surface area contributed by atoms with Gasteiger partial charge in [0.1, 0.15) is 11.2 Å². The summed E-state index contributed by atoms with van der Waals surface area (Å²) < 4.78 is 1.92. The molecule has 1 fully saturated rings. The Kier molecular flexibility index (Phi) is 3.18. The van der Waals surface area contributed by atoms with Crippen molar-refractivity contribution in [3.8, 4) is 11.4 Å². The first-order chi connectivity index (χ1) is 10.7. The maximum Gasteiger partial charge on any atom is 0.165 e. The van der Waals surface area contributed by atoms with Crippen LogP contribution in [0.1, 0.15) is 31.7 Å². The zero-order chi connectivity index (χ0) is 15.1. The molecule has 6 nitrogen and oxygen atoms in total. The average Bonchev–Trinajstić information content (AvgIpc) is 3.16. The van der Waals surface area contributed by atoms with E-state index in [2.05, 4.69) is 20.1 Å². The first kappa shape index (κ1) is 13.5. The van der Waals surface area contributed by atoms with Gasteiger partial charge in [0.25, 0.3) is 0 Å². The maximum absolute atomic E-state index is 6.26. The lowest BCUT2D eigenvalue weighted by Gasteiger charge is -2.11. The second-order valence-corrected chi connectivity index (χ2v) is 5.90. The number of aromatic nitrogens is 5. The third-order valence-corrected chi connectivity index (χ3v) is 4.41. The van der Waals surface area contributed by atoms with E-state index in [4.69, 9.17) is 17.3 Å².